The van der Waals surface area contributed by atoms with Gasteiger partial charge in [-0.1, -0.05) is 30.3 Å². The normalized spacial score (nSPS) is 10.5. The topological polar surface area (TPSA) is 0 Å². The van der Waals surface area contributed by atoms with Crippen LogP contribution in [0.25, 0.3) is 11.1 Å². The van der Waals surface area contributed by atoms with Gasteiger partial charge in [-0.25, -0.2) is 0 Å². The molecule has 0 bridgehead atoms. The van der Waals surface area contributed by atoms with E-state index in [4.69, 9.17) is 0 Å². The first-order valence-corrected chi connectivity index (χ1v) is 5.65. The van der Waals surface area contributed by atoms with Gasteiger partial charge < -0.3 is 0 Å². The van der Waals surface area contributed by atoms with Gasteiger partial charge in [0.15, 0.2) is 0 Å². The SMILES string of the molecule is Cc1cc[c]c(-c2c(C)cccc2C)c1C. The maximum absolute atomic E-state index is 3.38. The molecule has 0 nitrogen and oxygen atoms in total. The zero-order chi connectivity index (χ0) is 11.7. The van der Waals surface area contributed by atoms with E-state index in [2.05, 4.69) is 58.0 Å². The van der Waals surface area contributed by atoms with Crippen molar-refractivity contribution in [2.45, 2.75) is 27.7 Å². The van der Waals surface area contributed by atoms with Crippen molar-refractivity contribution in [2.75, 3.05) is 0 Å². The molecule has 2 aromatic carbocycles. The summed E-state index contributed by atoms with van der Waals surface area (Å²) in [7, 11) is 0. The largest absolute Gasteiger partial charge is 0.0617 e. The molecule has 0 N–H and O–H groups in total. The summed E-state index contributed by atoms with van der Waals surface area (Å²) in [6.45, 7) is 8.66. The van der Waals surface area contributed by atoms with E-state index in [-0.39, 0.29) is 0 Å². The zero-order valence-electron chi connectivity index (χ0n) is 10.4. The lowest BCUT2D eigenvalue weighted by atomic mass is 9.91. The molecule has 2 rings (SSSR count). The van der Waals surface area contributed by atoms with Gasteiger partial charge in [0.2, 0.25) is 0 Å². The second kappa shape index (κ2) is 4.13. The maximum atomic E-state index is 3.38. The van der Waals surface area contributed by atoms with E-state index in [0.29, 0.717) is 0 Å². The smallest absolute Gasteiger partial charge is 0.00679 e. The Hall–Kier alpha value is -1.56. The van der Waals surface area contributed by atoms with Crippen molar-refractivity contribution >= 4 is 0 Å². The Morgan fingerprint density at radius 3 is 2.06 bits per heavy atom. The van der Waals surface area contributed by atoms with E-state index in [9.17, 15) is 0 Å². The molecule has 0 saturated heterocycles. The van der Waals surface area contributed by atoms with Crippen molar-refractivity contribution in [3.8, 4) is 11.1 Å². The highest BCUT2D eigenvalue weighted by Crippen LogP contribution is 2.30. The molecule has 0 aliphatic rings. The molecule has 0 heteroatoms. The first-order valence-electron chi connectivity index (χ1n) is 5.65. The predicted octanol–water partition coefficient (Wildman–Crippen LogP) is 4.39. The summed E-state index contributed by atoms with van der Waals surface area (Å²) in [6.07, 6.45) is 0. The van der Waals surface area contributed by atoms with Gasteiger partial charge in [0, 0.05) is 0 Å². The van der Waals surface area contributed by atoms with Crippen molar-refractivity contribution in [1.29, 1.82) is 0 Å². The van der Waals surface area contributed by atoms with Gasteiger partial charge in [-0.2, -0.15) is 0 Å². The molecule has 1 radical (unpaired) electrons. The summed E-state index contributed by atoms with van der Waals surface area (Å²) in [5.41, 5.74) is 7.89. The van der Waals surface area contributed by atoms with Gasteiger partial charge in [0.1, 0.15) is 0 Å². The second-order valence-corrected chi connectivity index (χ2v) is 4.43. The van der Waals surface area contributed by atoms with Crippen molar-refractivity contribution in [2.24, 2.45) is 0 Å². The summed E-state index contributed by atoms with van der Waals surface area (Å²) in [6, 6.07) is 14.0. The number of hydrogen-bond acceptors (Lipinski definition) is 0. The minimum absolute atomic E-state index is 1.25. The number of benzene rings is 2. The summed E-state index contributed by atoms with van der Waals surface area (Å²) in [4.78, 5) is 0. The van der Waals surface area contributed by atoms with Gasteiger partial charge in [-0.05, 0) is 67.1 Å². The third-order valence-electron chi connectivity index (χ3n) is 3.26. The lowest BCUT2D eigenvalue weighted by Crippen LogP contribution is -1.92. The van der Waals surface area contributed by atoms with Crippen molar-refractivity contribution in [3.63, 3.8) is 0 Å². The Labute approximate surface area is 97.9 Å². The molecular formula is C16H17. The zero-order valence-corrected chi connectivity index (χ0v) is 10.4. The van der Waals surface area contributed by atoms with E-state index in [1.165, 1.54) is 33.4 Å². The highest BCUT2D eigenvalue weighted by atomic mass is 14.1. The van der Waals surface area contributed by atoms with Crippen molar-refractivity contribution in [1.82, 2.24) is 0 Å². The van der Waals surface area contributed by atoms with Crippen LogP contribution in [-0.2, 0) is 0 Å². The van der Waals surface area contributed by atoms with Crippen molar-refractivity contribution in [3.05, 3.63) is 58.7 Å². The summed E-state index contributed by atoms with van der Waals surface area (Å²) < 4.78 is 0. The van der Waals surface area contributed by atoms with Crippen LogP contribution in [0.1, 0.15) is 22.3 Å². The molecule has 0 atom stereocenters. The molecule has 0 aliphatic carbocycles. The monoisotopic (exact) mass is 209 g/mol. The summed E-state index contributed by atoms with van der Waals surface area (Å²) >= 11 is 0. The Kier molecular flexibility index (Phi) is 2.82. The molecule has 0 heterocycles. The third-order valence-corrected chi connectivity index (χ3v) is 3.26. The molecule has 2 aromatic rings. The first-order chi connectivity index (χ1) is 7.61. The van der Waals surface area contributed by atoms with Crippen LogP contribution >= 0.6 is 0 Å². The lowest BCUT2D eigenvalue weighted by Gasteiger charge is -2.13. The second-order valence-electron chi connectivity index (χ2n) is 4.43. The van der Waals surface area contributed by atoms with Gasteiger partial charge in [0.05, 0.1) is 0 Å². The molecule has 81 valence electrons. The average Bonchev–Trinajstić information content (AvgIpc) is 2.24. The van der Waals surface area contributed by atoms with Crippen LogP contribution in [0.2, 0.25) is 0 Å². The molecule has 0 amide bonds. The molecular weight excluding hydrogens is 192 g/mol. The van der Waals surface area contributed by atoms with E-state index in [0.717, 1.165) is 0 Å². The Balaban J connectivity index is 2.73. The first kappa shape index (κ1) is 10.9. The fraction of sp³-hybridized carbons (Fsp3) is 0.250. The fourth-order valence-corrected chi connectivity index (χ4v) is 2.15. The van der Waals surface area contributed by atoms with Gasteiger partial charge >= 0.3 is 0 Å². The quantitative estimate of drug-likeness (QED) is 0.653. The molecule has 0 fully saturated rings. The fourth-order valence-electron chi connectivity index (χ4n) is 2.15. The molecule has 0 spiro atoms. The summed E-state index contributed by atoms with van der Waals surface area (Å²) in [5.74, 6) is 0. The standard InChI is InChI=1S/C16H17/c1-11-7-6-10-15(14(11)4)16-12(2)8-5-9-13(16)3/h5-9H,1-4H3. The molecule has 0 unspecified atom stereocenters. The predicted molar refractivity (Wildman–Crippen MR) is 69.7 cm³/mol. The minimum atomic E-state index is 1.25. The molecule has 0 aromatic heterocycles. The van der Waals surface area contributed by atoms with Gasteiger partial charge in [0.25, 0.3) is 0 Å². The van der Waals surface area contributed by atoms with Crippen LogP contribution in [0, 0.1) is 33.8 Å². The van der Waals surface area contributed by atoms with E-state index >= 15 is 0 Å². The lowest BCUT2D eigenvalue weighted by molar-refractivity contribution is 1.30. The number of hydrogen-bond donors (Lipinski definition) is 0. The third kappa shape index (κ3) is 1.76. The maximum Gasteiger partial charge on any atom is -0.00679 e. The van der Waals surface area contributed by atoms with Crippen LogP contribution in [0.15, 0.2) is 30.3 Å². The molecule has 16 heavy (non-hydrogen) atoms. The van der Waals surface area contributed by atoms with Crippen LogP contribution in [0.5, 0.6) is 0 Å². The molecule has 0 saturated carbocycles. The highest BCUT2D eigenvalue weighted by molar-refractivity contribution is 5.73. The Morgan fingerprint density at radius 2 is 1.44 bits per heavy atom. The average molecular weight is 209 g/mol. The highest BCUT2D eigenvalue weighted by Gasteiger charge is 2.08. The van der Waals surface area contributed by atoms with E-state index in [1.54, 1.807) is 0 Å². The van der Waals surface area contributed by atoms with Crippen molar-refractivity contribution < 1.29 is 0 Å². The van der Waals surface area contributed by atoms with E-state index in [1.807, 2.05) is 6.07 Å². The number of aryl methyl sites for hydroxylation is 3. The van der Waals surface area contributed by atoms with Crippen LogP contribution < -0.4 is 0 Å². The van der Waals surface area contributed by atoms with E-state index < -0.39 is 0 Å². The van der Waals surface area contributed by atoms with Crippen LogP contribution in [0.4, 0.5) is 0 Å². The summed E-state index contributed by atoms with van der Waals surface area (Å²) in [5, 5.41) is 0. The Morgan fingerprint density at radius 1 is 0.812 bits per heavy atom. The number of rotatable bonds is 1. The van der Waals surface area contributed by atoms with Crippen LogP contribution in [0.3, 0.4) is 0 Å². The van der Waals surface area contributed by atoms with Gasteiger partial charge in [-0.3, -0.25) is 0 Å². The Bertz CT molecular complexity index is 501. The van der Waals surface area contributed by atoms with Crippen LogP contribution in [-0.4, -0.2) is 0 Å². The van der Waals surface area contributed by atoms with Gasteiger partial charge in [-0.15, -0.1) is 0 Å². The minimum Gasteiger partial charge on any atom is -0.0617 e. The molecule has 0 aliphatic heterocycles.